The van der Waals surface area contributed by atoms with Gasteiger partial charge in [-0.2, -0.15) is 5.10 Å². The van der Waals surface area contributed by atoms with Crippen LogP contribution in [0, 0.1) is 6.92 Å². The van der Waals surface area contributed by atoms with Gasteiger partial charge in [-0.15, -0.1) is 11.6 Å². The van der Waals surface area contributed by atoms with Crippen molar-refractivity contribution in [3.63, 3.8) is 0 Å². The molecule has 0 saturated heterocycles. The molecule has 84 valence electrons. The van der Waals surface area contributed by atoms with Gasteiger partial charge in [-0.1, -0.05) is 12.2 Å². The van der Waals surface area contributed by atoms with E-state index < -0.39 is 0 Å². The van der Waals surface area contributed by atoms with Crippen molar-refractivity contribution < 1.29 is 0 Å². The van der Waals surface area contributed by atoms with E-state index in [1.54, 1.807) is 27.5 Å². The van der Waals surface area contributed by atoms with Gasteiger partial charge < -0.3 is 4.57 Å². The lowest BCUT2D eigenvalue weighted by molar-refractivity contribution is 0.757. The lowest BCUT2D eigenvalue weighted by Gasteiger charge is -2.01. The molecule has 0 aromatic carbocycles. The molecule has 0 fully saturated rings. The normalized spacial score (nSPS) is 11.6. The van der Waals surface area contributed by atoms with Gasteiger partial charge in [0, 0.05) is 24.8 Å². The molecule has 2 aromatic rings. The van der Waals surface area contributed by atoms with E-state index in [0.717, 1.165) is 5.69 Å². The molecule has 0 unspecified atom stereocenters. The van der Waals surface area contributed by atoms with Crippen LogP contribution in [0.3, 0.4) is 0 Å². The number of aryl methyl sites for hydroxylation is 1. The first-order chi connectivity index (χ1) is 7.72. The summed E-state index contributed by atoms with van der Waals surface area (Å²) in [6.45, 7) is 2.40. The summed E-state index contributed by atoms with van der Waals surface area (Å²) in [7, 11) is 0. The fourth-order valence-electron chi connectivity index (χ4n) is 1.54. The van der Waals surface area contributed by atoms with Gasteiger partial charge in [-0.25, -0.2) is 4.52 Å². The van der Waals surface area contributed by atoms with Crippen molar-refractivity contribution in [1.82, 2.24) is 14.2 Å². The minimum absolute atomic E-state index is 0.0395. The van der Waals surface area contributed by atoms with Gasteiger partial charge in [0.1, 0.15) is 5.52 Å². The van der Waals surface area contributed by atoms with Crippen molar-refractivity contribution in [1.29, 1.82) is 0 Å². The monoisotopic (exact) mass is 237 g/mol. The third-order valence-electron chi connectivity index (χ3n) is 2.28. The quantitative estimate of drug-likeness (QED) is 0.601. The fourth-order valence-corrected chi connectivity index (χ4v) is 1.67. The lowest BCUT2D eigenvalue weighted by atomic mass is 10.4. The highest BCUT2D eigenvalue weighted by atomic mass is 35.5. The Morgan fingerprint density at radius 1 is 1.44 bits per heavy atom. The summed E-state index contributed by atoms with van der Waals surface area (Å²) in [5, 5.41) is 4.18. The van der Waals surface area contributed by atoms with Crippen LogP contribution in [-0.4, -0.2) is 20.1 Å². The number of hydrogen-bond donors (Lipinski definition) is 0. The molecule has 16 heavy (non-hydrogen) atoms. The molecule has 2 aromatic heterocycles. The summed E-state index contributed by atoms with van der Waals surface area (Å²) in [4.78, 5) is 12.0. The molecule has 0 N–H and O–H groups in total. The number of halogens is 1. The maximum absolute atomic E-state index is 12.0. The van der Waals surface area contributed by atoms with E-state index in [4.69, 9.17) is 11.6 Å². The lowest BCUT2D eigenvalue weighted by Crippen LogP contribution is -2.20. The average molecular weight is 238 g/mol. The summed E-state index contributed by atoms with van der Waals surface area (Å²) < 4.78 is 3.22. The predicted octanol–water partition coefficient (Wildman–Crippen LogP) is 1.60. The van der Waals surface area contributed by atoms with Crippen LogP contribution in [0.2, 0.25) is 0 Å². The van der Waals surface area contributed by atoms with Crippen LogP contribution in [0.1, 0.15) is 5.69 Å². The zero-order valence-electron chi connectivity index (χ0n) is 8.93. The van der Waals surface area contributed by atoms with E-state index in [2.05, 4.69) is 5.10 Å². The molecule has 4 nitrogen and oxygen atoms in total. The number of nitrogens with zero attached hydrogens (tertiary/aromatic N) is 3. The van der Waals surface area contributed by atoms with E-state index >= 15 is 0 Å². The van der Waals surface area contributed by atoms with Crippen LogP contribution in [0.15, 0.2) is 35.4 Å². The smallest absolute Gasteiger partial charge is 0.276 e. The van der Waals surface area contributed by atoms with E-state index in [0.29, 0.717) is 17.9 Å². The number of fused-ring (bicyclic) bond motifs is 1. The van der Waals surface area contributed by atoms with Crippen LogP contribution >= 0.6 is 11.6 Å². The van der Waals surface area contributed by atoms with Gasteiger partial charge in [0.05, 0.1) is 5.69 Å². The zero-order chi connectivity index (χ0) is 11.5. The van der Waals surface area contributed by atoms with Gasteiger partial charge >= 0.3 is 0 Å². The highest BCUT2D eigenvalue weighted by Crippen LogP contribution is 1.99. The summed E-state index contributed by atoms with van der Waals surface area (Å²) in [6, 6.07) is 1.78. The summed E-state index contributed by atoms with van der Waals surface area (Å²) >= 11 is 5.52. The molecule has 0 atom stereocenters. The second-order valence-corrected chi connectivity index (χ2v) is 3.81. The Hall–Kier alpha value is -1.55. The molecular weight excluding hydrogens is 226 g/mol. The van der Waals surface area contributed by atoms with Gasteiger partial charge in [0.15, 0.2) is 0 Å². The Kier molecular flexibility index (Phi) is 3.10. The van der Waals surface area contributed by atoms with E-state index in [9.17, 15) is 4.79 Å². The van der Waals surface area contributed by atoms with E-state index in [1.807, 2.05) is 19.1 Å². The molecule has 0 spiro atoms. The molecule has 5 heteroatoms. The molecule has 0 amide bonds. The molecule has 0 radical (unpaired) electrons. The van der Waals surface area contributed by atoms with Gasteiger partial charge in [0.2, 0.25) is 0 Å². The Bertz CT molecular complexity index is 582. The van der Waals surface area contributed by atoms with Gasteiger partial charge in [-0.05, 0) is 13.0 Å². The van der Waals surface area contributed by atoms with Crippen LogP contribution in [0.25, 0.3) is 5.52 Å². The van der Waals surface area contributed by atoms with Crippen molar-refractivity contribution in [3.8, 4) is 0 Å². The van der Waals surface area contributed by atoms with E-state index in [-0.39, 0.29) is 5.56 Å². The second-order valence-electron chi connectivity index (χ2n) is 3.50. The number of hydrogen-bond acceptors (Lipinski definition) is 2. The fraction of sp³-hybridized carbons (Fsp3) is 0.273. The third kappa shape index (κ3) is 2.02. The zero-order valence-corrected chi connectivity index (χ0v) is 9.68. The summed E-state index contributed by atoms with van der Waals surface area (Å²) in [6.07, 6.45) is 7.19. The minimum atomic E-state index is -0.0395. The van der Waals surface area contributed by atoms with Crippen LogP contribution < -0.4 is 5.56 Å². The standard InChI is InChI=1S/C11H12ClN3O/c1-9-8-10-11(16)14(5-3-2-4-12)6-7-15(10)13-9/h2-3,6-8H,4-5H2,1H3/b3-2+. The van der Waals surface area contributed by atoms with Crippen molar-refractivity contribution in [2.75, 3.05) is 5.88 Å². The van der Waals surface area contributed by atoms with Crippen LogP contribution in [0.4, 0.5) is 0 Å². The van der Waals surface area contributed by atoms with Crippen molar-refractivity contribution >= 4 is 17.1 Å². The first-order valence-electron chi connectivity index (χ1n) is 4.99. The minimum Gasteiger partial charge on any atom is -0.308 e. The molecular formula is C11H12ClN3O. The number of aromatic nitrogens is 3. The van der Waals surface area contributed by atoms with Crippen molar-refractivity contribution in [3.05, 3.63) is 46.7 Å². The Labute approximate surface area is 97.8 Å². The first kappa shape index (κ1) is 11.0. The average Bonchev–Trinajstić information content (AvgIpc) is 2.64. The summed E-state index contributed by atoms with van der Waals surface area (Å²) in [5.74, 6) is 0.461. The van der Waals surface area contributed by atoms with Gasteiger partial charge in [-0.3, -0.25) is 4.79 Å². The molecule has 2 heterocycles. The van der Waals surface area contributed by atoms with Crippen LogP contribution in [0.5, 0.6) is 0 Å². The Morgan fingerprint density at radius 3 is 3.00 bits per heavy atom. The number of allylic oxidation sites excluding steroid dienone is 2. The molecule has 2 rings (SSSR count). The number of rotatable bonds is 3. The molecule has 0 aliphatic carbocycles. The maximum Gasteiger partial charge on any atom is 0.276 e. The Balaban J connectivity index is 2.44. The third-order valence-corrected chi connectivity index (χ3v) is 2.46. The highest BCUT2D eigenvalue weighted by molar-refractivity contribution is 6.18. The maximum atomic E-state index is 12.0. The predicted molar refractivity (Wildman–Crippen MR) is 64.0 cm³/mol. The topological polar surface area (TPSA) is 39.3 Å². The number of alkyl halides is 1. The van der Waals surface area contributed by atoms with Gasteiger partial charge in [0.25, 0.3) is 5.56 Å². The van der Waals surface area contributed by atoms with Crippen molar-refractivity contribution in [2.45, 2.75) is 13.5 Å². The van der Waals surface area contributed by atoms with E-state index in [1.165, 1.54) is 0 Å². The Morgan fingerprint density at radius 2 is 2.25 bits per heavy atom. The van der Waals surface area contributed by atoms with Crippen LogP contribution in [-0.2, 0) is 6.54 Å². The summed E-state index contributed by atoms with van der Waals surface area (Å²) in [5.41, 5.74) is 1.40. The van der Waals surface area contributed by atoms with Crippen molar-refractivity contribution in [2.24, 2.45) is 0 Å². The first-order valence-corrected chi connectivity index (χ1v) is 5.52. The molecule has 0 saturated carbocycles. The molecule has 0 aliphatic heterocycles. The SMILES string of the molecule is Cc1cc2c(=O)n(C/C=C/CCl)ccn2n1. The highest BCUT2D eigenvalue weighted by Gasteiger charge is 2.03. The molecule has 0 aliphatic rings. The largest absolute Gasteiger partial charge is 0.308 e. The molecule has 0 bridgehead atoms. The second kappa shape index (κ2) is 4.53.